The minimum Gasteiger partial charge on any atom is -0.324 e. The summed E-state index contributed by atoms with van der Waals surface area (Å²) < 4.78 is 27.8. The Morgan fingerprint density at radius 2 is 1.66 bits per heavy atom. The summed E-state index contributed by atoms with van der Waals surface area (Å²) in [5.74, 6) is -0.251. The van der Waals surface area contributed by atoms with E-state index >= 15 is 0 Å². The summed E-state index contributed by atoms with van der Waals surface area (Å²) in [4.78, 5) is 12.9. The van der Waals surface area contributed by atoms with Crippen LogP contribution in [0, 0.1) is 0 Å². The van der Waals surface area contributed by atoms with Crippen molar-refractivity contribution in [3.05, 3.63) is 59.1 Å². The van der Waals surface area contributed by atoms with Gasteiger partial charge in [0.15, 0.2) is 0 Å². The lowest BCUT2D eigenvalue weighted by molar-refractivity contribution is -0.116. The zero-order valence-corrected chi connectivity index (χ0v) is 19.7. The molecule has 2 fully saturated rings. The largest absolute Gasteiger partial charge is 0.324 e. The Labute approximate surface area is 195 Å². The Morgan fingerprint density at radius 3 is 2.28 bits per heavy atom. The summed E-state index contributed by atoms with van der Waals surface area (Å²) >= 11 is 6.28. The van der Waals surface area contributed by atoms with Crippen molar-refractivity contribution in [1.29, 1.82) is 0 Å². The molecular weight excluding hydrogens is 446 g/mol. The summed E-state index contributed by atoms with van der Waals surface area (Å²) in [6.07, 6.45) is 6.91. The second-order valence-electron chi connectivity index (χ2n) is 8.66. The van der Waals surface area contributed by atoms with Gasteiger partial charge in [0, 0.05) is 18.6 Å². The molecule has 1 aliphatic carbocycles. The zero-order valence-electron chi connectivity index (χ0n) is 18.1. The molecule has 0 aromatic heterocycles. The number of sulfonamides is 1. The highest BCUT2D eigenvalue weighted by Gasteiger charge is 2.38. The summed E-state index contributed by atoms with van der Waals surface area (Å²) in [5, 5.41) is 6.52. The molecule has 0 bridgehead atoms. The van der Waals surface area contributed by atoms with Crippen LogP contribution in [0.1, 0.15) is 50.5 Å². The minimum atomic E-state index is -3.62. The standard InChI is InChI=1S/C24H30ClN3O3S/c25-21-12-11-20(32(30,31)28-15-6-1-2-7-16-28)17-22(21)27-23(29)18-26-24(13-8-14-24)19-9-4-3-5-10-19/h3-5,9-12,17,26H,1-2,6-8,13-16,18H2,(H,27,29). The number of nitrogens with zero attached hydrogens (tertiary/aromatic N) is 1. The second kappa shape index (κ2) is 9.91. The maximum absolute atomic E-state index is 13.1. The molecule has 0 atom stereocenters. The van der Waals surface area contributed by atoms with Crippen molar-refractivity contribution < 1.29 is 13.2 Å². The first-order chi connectivity index (χ1) is 15.4. The highest BCUT2D eigenvalue weighted by Crippen LogP contribution is 2.41. The summed E-state index contributed by atoms with van der Waals surface area (Å²) in [7, 11) is -3.62. The number of hydrogen-bond donors (Lipinski definition) is 2. The molecule has 4 rings (SSSR count). The van der Waals surface area contributed by atoms with Crippen molar-refractivity contribution in [2.45, 2.75) is 55.4 Å². The molecule has 1 saturated carbocycles. The zero-order chi connectivity index (χ0) is 22.6. The summed E-state index contributed by atoms with van der Waals surface area (Å²) in [5.41, 5.74) is 1.32. The molecule has 2 aromatic rings. The quantitative estimate of drug-likeness (QED) is 0.617. The number of hydrogen-bond acceptors (Lipinski definition) is 4. The van der Waals surface area contributed by atoms with Gasteiger partial charge in [-0.3, -0.25) is 10.1 Å². The van der Waals surface area contributed by atoms with Crippen molar-refractivity contribution >= 4 is 33.2 Å². The third kappa shape index (κ3) is 5.01. The molecule has 1 saturated heterocycles. The SMILES string of the molecule is O=C(CNC1(c2ccccc2)CCC1)Nc1cc(S(=O)(=O)N2CCCCCC2)ccc1Cl. The number of benzene rings is 2. The Morgan fingerprint density at radius 1 is 0.969 bits per heavy atom. The van der Waals surface area contributed by atoms with E-state index in [1.165, 1.54) is 28.1 Å². The normalized spacial score (nSPS) is 19.0. The summed E-state index contributed by atoms with van der Waals surface area (Å²) in [6, 6.07) is 14.7. The van der Waals surface area contributed by atoms with E-state index in [1.54, 1.807) is 0 Å². The van der Waals surface area contributed by atoms with Gasteiger partial charge in [-0.15, -0.1) is 0 Å². The van der Waals surface area contributed by atoms with E-state index in [2.05, 4.69) is 22.8 Å². The lowest BCUT2D eigenvalue weighted by atomic mass is 9.72. The summed E-state index contributed by atoms with van der Waals surface area (Å²) in [6.45, 7) is 1.17. The van der Waals surface area contributed by atoms with Crippen LogP contribution in [0.3, 0.4) is 0 Å². The van der Waals surface area contributed by atoms with Gasteiger partial charge in [-0.25, -0.2) is 8.42 Å². The fourth-order valence-electron chi connectivity index (χ4n) is 4.49. The van der Waals surface area contributed by atoms with Crippen LogP contribution in [-0.4, -0.2) is 38.3 Å². The van der Waals surface area contributed by atoms with Crippen molar-refractivity contribution in [2.75, 3.05) is 25.0 Å². The number of rotatable bonds is 7. The van der Waals surface area contributed by atoms with Gasteiger partial charge < -0.3 is 5.32 Å². The second-order valence-corrected chi connectivity index (χ2v) is 11.0. The molecule has 0 spiro atoms. The molecule has 6 nitrogen and oxygen atoms in total. The number of carbonyl (C=O) groups is 1. The van der Waals surface area contributed by atoms with Crippen LogP contribution >= 0.6 is 11.6 Å². The molecule has 1 amide bonds. The molecule has 0 radical (unpaired) electrons. The topological polar surface area (TPSA) is 78.5 Å². The number of halogens is 1. The van der Waals surface area contributed by atoms with Gasteiger partial charge in [-0.05, 0) is 55.9 Å². The lowest BCUT2D eigenvalue weighted by Gasteiger charge is -2.43. The van der Waals surface area contributed by atoms with E-state index < -0.39 is 10.0 Å². The van der Waals surface area contributed by atoms with E-state index in [-0.39, 0.29) is 22.9 Å². The van der Waals surface area contributed by atoms with Crippen LogP contribution in [-0.2, 0) is 20.4 Å². The highest BCUT2D eigenvalue weighted by molar-refractivity contribution is 7.89. The monoisotopic (exact) mass is 475 g/mol. The molecule has 2 aromatic carbocycles. The smallest absolute Gasteiger partial charge is 0.243 e. The predicted octanol–water partition coefficient (Wildman–Crippen LogP) is 4.51. The van der Waals surface area contributed by atoms with Crippen LogP contribution in [0.4, 0.5) is 5.69 Å². The molecule has 32 heavy (non-hydrogen) atoms. The first-order valence-electron chi connectivity index (χ1n) is 11.3. The minimum absolute atomic E-state index is 0.119. The van der Waals surface area contributed by atoms with Gasteiger partial charge in [0.1, 0.15) is 0 Å². The highest BCUT2D eigenvalue weighted by atomic mass is 35.5. The molecule has 172 valence electrons. The van der Waals surface area contributed by atoms with Crippen LogP contribution in [0.5, 0.6) is 0 Å². The molecule has 1 aliphatic heterocycles. The van der Waals surface area contributed by atoms with Crippen LogP contribution in [0.15, 0.2) is 53.4 Å². The number of amides is 1. The first-order valence-corrected chi connectivity index (χ1v) is 13.1. The number of carbonyl (C=O) groups excluding carboxylic acids is 1. The Bertz CT molecular complexity index is 1050. The lowest BCUT2D eigenvalue weighted by Crippen LogP contribution is -2.50. The van der Waals surface area contributed by atoms with Gasteiger partial charge in [0.25, 0.3) is 0 Å². The fraction of sp³-hybridized carbons (Fsp3) is 0.458. The average Bonchev–Trinajstić information content (AvgIpc) is 3.05. The first kappa shape index (κ1) is 23.2. The average molecular weight is 476 g/mol. The maximum atomic E-state index is 13.1. The van der Waals surface area contributed by atoms with Gasteiger partial charge in [0.2, 0.25) is 15.9 Å². The van der Waals surface area contributed by atoms with Gasteiger partial charge in [-0.2, -0.15) is 4.31 Å². The van der Waals surface area contributed by atoms with E-state index in [0.29, 0.717) is 23.8 Å². The Hall–Kier alpha value is -1.93. The van der Waals surface area contributed by atoms with Crippen molar-refractivity contribution in [1.82, 2.24) is 9.62 Å². The van der Waals surface area contributed by atoms with Crippen LogP contribution in [0.2, 0.25) is 5.02 Å². The van der Waals surface area contributed by atoms with Crippen molar-refractivity contribution in [2.24, 2.45) is 0 Å². The van der Waals surface area contributed by atoms with E-state index in [9.17, 15) is 13.2 Å². The van der Waals surface area contributed by atoms with Crippen LogP contribution < -0.4 is 10.6 Å². The molecule has 8 heteroatoms. The molecule has 2 aliphatic rings. The molecular formula is C24H30ClN3O3S. The van der Waals surface area contributed by atoms with Gasteiger partial charge >= 0.3 is 0 Å². The molecule has 2 N–H and O–H groups in total. The van der Waals surface area contributed by atoms with E-state index in [1.807, 2.05) is 18.2 Å². The number of anilines is 1. The Balaban J connectivity index is 1.44. The van der Waals surface area contributed by atoms with E-state index in [0.717, 1.165) is 44.9 Å². The molecule has 1 heterocycles. The number of nitrogens with one attached hydrogen (secondary N) is 2. The Kier molecular flexibility index (Phi) is 7.20. The predicted molar refractivity (Wildman–Crippen MR) is 127 cm³/mol. The van der Waals surface area contributed by atoms with Gasteiger partial charge in [-0.1, -0.05) is 54.8 Å². The third-order valence-electron chi connectivity index (χ3n) is 6.54. The van der Waals surface area contributed by atoms with Crippen LogP contribution in [0.25, 0.3) is 0 Å². The van der Waals surface area contributed by atoms with Crippen molar-refractivity contribution in [3.8, 4) is 0 Å². The van der Waals surface area contributed by atoms with Gasteiger partial charge in [0.05, 0.1) is 22.2 Å². The fourth-order valence-corrected chi connectivity index (χ4v) is 6.20. The third-order valence-corrected chi connectivity index (χ3v) is 8.76. The van der Waals surface area contributed by atoms with E-state index in [4.69, 9.17) is 11.6 Å². The molecule has 0 unspecified atom stereocenters. The maximum Gasteiger partial charge on any atom is 0.243 e. The van der Waals surface area contributed by atoms with Crippen molar-refractivity contribution in [3.63, 3.8) is 0 Å².